The summed E-state index contributed by atoms with van der Waals surface area (Å²) in [7, 11) is -1.65. The van der Waals surface area contributed by atoms with E-state index in [-0.39, 0.29) is 16.6 Å². The molecule has 0 aromatic rings. The van der Waals surface area contributed by atoms with Crippen LogP contribution in [0.25, 0.3) is 0 Å². The first-order valence-corrected chi connectivity index (χ1v) is 12.7. The molecule has 0 spiro atoms. The van der Waals surface area contributed by atoms with Crippen molar-refractivity contribution in [3.05, 3.63) is 11.6 Å². The van der Waals surface area contributed by atoms with Crippen molar-refractivity contribution in [3.8, 4) is 0 Å². The van der Waals surface area contributed by atoms with Gasteiger partial charge in [0.25, 0.3) is 0 Å². The predicted octanol–water partition coefficient (Wildman–Crippen LogP) is 5.92. The van der Waals surface area contributed by atoms with Gasteiger partial charge < -0.3 is 9.53 Å². The van der Waals surface area contributed by atoms with Crippen molar-refractivity contribution < 1.29 is 9.53 Å². The van der Waals surface area contributed by atoms with E-state index in [1.807, 2.05) is 0 Å². The summed E-state index contributed by atoms with van der Waals surface area (Å²) in [6.45, 7) is 19.2. The Balaban J connectivity index is 1.88. The van der Waals surface area contributed by atoms with Gasteiger partial charge in [-0.15, -0.1) is 0 Å². The Morgan fingerprint density at radius 1 is 1.29 bits per heavy atom. The maximum absolute atomic E-state index is 10.4. The van der Waals surface area contributed by atoms with E-state index in [1.54, 1.807) is 0 Å². The van der Waals surface area contributed by atoms with Crippen LogP contribution in [0.1, 0.15) is 73.6 Å². The second-order valence-corrected chi connectivity index (χ2v) is 15.3. The summed E-state index contributed by atoms with van der Waals surface area (Å²) < 4.78 is 6.33. The minimum atomic E-state index is -1.65. The summed E-state index contributed by atoms with van der Waals surface area (Å²) in [4.78, 5) is 0. The molecule has 24 heavy (non-hydrogen) atoms. The molecular formula is C21H40O2Si. The first-order chi connectivity index (χ1) is 10.8. The van der Waals surface area contributed by atoms with Gasteiger partial charge in [-0.1, -0.05) is 46.3 Å². The Morgan fingerprint density at radius 2 is 1.92 bits per heavy atom. The van der Waals surface area contributed by atoms with Gasteiger partial charge in [0.1, 0.15) is 0 Å². The van der Waals surface area contributed by atoms with Gasteiger partial charge in [-0.05, 0) is 73.9 Å². The Morgan fingerprint density at radius 3 is 2.38 bits per heavy atom. The topological polar surface area (TPSA) is 29.5 Å². The molecule has 140 valence electrons. The molecule has 4 atom stereocenters. The third-order valence-corrected chi connectivity index (χ3v) is 12.6. The monoisotopic (exact) mass is 352 g/mol. The molecule has 1 N–H and O–H groups in total. The fourth-order valence-corrected chi connectivity index (χ4v) is 5.70. The van der Waals surface area contributed by atoms with Crippen LogP contribution >= 0.6 is 0 Å². The van der Waals surface area contributed by atoms with Crippen LogP contribution < -0.4 is 0 Å². The number of aliphatic hydroxyl groups is 1. The standard InChI is InChI=1S/C21H40O2Si/c1-16(15-23-24(7,8)19(2,3)4)10-9-12-20(5)17-11-13-21(20,6)18(22)14-17/h10,17-18,22H,9,11-15H2,1-8H3/b16-10-/t17-,18+,20?,21+/m0/s1. The van der Waals surface area contributed by atoms with Gasteiger partial charge in [0.2, 0.25) is 0 Å². The molecule has 0 heterocycles. The average molecular weight is 353 g/mol. The highest BCUT2D eigenvalue weighted by Gasteiger charge is 2.62. The summed E-state index contributed by atoms with van der Waals surface area (Å²) in [5.74, 6) is 0.717. The summed E-state index contributed by atoms with van der Waals surface area (Å²) in [5, 5.41) is 10.7. The van der Waals surface area contributed by atoms with Crippen molar-refractivity contribution >= 4 is 8.32 Å². The molecule has 2 nitrogen and oxygen atoms in total. The van der Waals surface area contributed by atoms with Gasteiger partial charge >= 0.3 is 0 Å². The molecule has 2 bridgehead atoms. The highest BCUT2D eigenvalue weighted by molar-refractivity contribution is 6.74. The van der Waals surface area contributed by atoms with Crippen molar-refractivity contribution in [1.29, 1.82) is 0 Å². The van der Waals surface area contributed by atoms with Crippen LogP contribution in [0.2, 0.25) is 18.1 Å². The molecule has 0 aromatic heterocycles. The molecule has 2 aliphatic carbocycles. The van der Waals surface area contributed by atoms with Crippen LogP contribution in [0, 0.1) is 16.7 Å². The van der Waals surface area contributed by atoms with E-state index in [4.69, 9.17) is 4.43 Å². The summed E-state index contributed by atoms with van der Waals surface area (Å²) >= 11 is 0. The van der Waals surface area contributed by atoms with Gasteiger partial charge in [-0.2, -0.15) is 0 Å². The fourth-order valence-electron chi connectivity index (χ4n) is 4.68. The minimum absolute atomic E-state index is 0.0896. The molecule has 0 aromatic carbocycles. The third-order valence-electron chi connectivity index (χ3n) is 8.08. The van der Waals surface area contributed by atoms with Gasteiger partial charge in [0, 0.05) is 0 Å². The van der Waals surface area contributed by atoms with Crippen molar-refractivity contribution in [2.75, 3.05) is 6.61 Å². The molecular weight excluding hydrogens is 312 g/mol. The van der Waals surface area contributed by atoms with Crippen molar-refractivity contribution in [3.63, 3.8) is 0 Å². The van der Waals surface area contributed by atoms with Gasteiger partial charge in [-0.3, -0.25) is 0 Å². The molecule has 2 saturated carbocycles. The van der Waals surface area contributed by atoms with Crippen molar-refractivity contribution in [1.82, 2.24) is 0 Å². The van der Waals surface area contributed by atoms with Crippen LogP contribution in [-0.4, -0.2) is 26.1 Å². The average Bonchev–Trinajstić information content (AvgIpc) is 2.79. The summed E-state index contributed by atoms with van der Waals surface area (Å²) in [6, 6.07) is 0. The van der Waals surface area contributed by atoms with Crippen LogP contribution in [0.4, 0.5) is 0 Å². The fraction of sp³-hybridized carbons (Fsp3) is 0.905. The van der Waals surface area contributed by atoms with E-state index in [2.05, 4.69) is 60.7 Å². The lowest BCUT2D eigenvalue weighted by Crippen LogP contribution is -2.41. The zero-order valence-corrected chi connectivity index (χ0v) is 18.3. The Bertz CT molecular complexity index is 491. The van der Waals surface area contributed by atoms with Crippen LogP contribution in [0.15, 0.2) is 11.6 Å². The highest BCUT2D eigenvalue weighted by Crippen LogP contribution is 2.67. The first kappa shape index (κ1) is 20.2. The quantitative estimate of drug-likeness (QED) is 0.475. The van der Waals surface area contributed by atoms with Crippen molar-refractivity contribution in [2.24, 2.45) is 16.7 Å². The first-order valence-electron chi connectivity index (χ1n) is 9.81. The SMILES string of the molecule is C/C(=C/CCC1(C)[C@H]2CC[C@]1(C)[C@H](O)C2)CO[Si](C)(C)C(C)(C)C. The lowest BCUT2D eigenvalue weighted by molar-refractivity contribution is 0.00199. The predicted molar refractivity (Wildman–Crippen MR) is 106 cm³/mol. The number of hydrogen-bond donors (Lipinski definition) is 1. The molecule has 0 amide bonds. The molecule has 2 aliphatic rings. The lowest BCUT2D eigenvalue weighted by Gasteiger charge is -2.40. The molecule has 2 rings (SSSR count). The molecule has 2 fully saturated rings. The van der Waals surface area contributed by atoms with Crippen LogP contribution in [-0.2, 0) is 4.43 Å². The molecule has 1 unspecified atom stereocenters. The zero-order valence-electron chi connectivity index (χ0n) is 17.3. The van der Waals surface area contributed by atoms with E-state index in [0.717, 1.165) is 25.4 Å². The van der Waals surface area contributed by atoms with E-state index in [1.165, 1.54) is 24.8 Å². The molecule has 0 radical (unpaired) electrons. The van der Waals surface area contributed by atoms with E-state index >= 15 is 0 Å². The van der Waals surface area contributed by atoms with E-state index in [0.29, 0.717) is 5.41 Å². The summed E-state index contributed by atoms with van der Waals surface area (Å²) in [5.41, 5.74) is 1.81. The molecule has 0 saturated heterocycles. The van der Waals surface area contributed by atoms with Gasteiger partial charge in [0.05, 0.1) is 12.7 Å². The third kappa shape index (κ3) is 3.41. The number of fused-ring (bicyclic) bond motifs is 2. The number of allylic oxidation sites excluding steroid dienone is 1. The zero-order chi connectivity index (χ0) is 18.4. The second kappa shape index (κ2) is 6.55. The second-order valence-electron chi connectivity index (χ2n) is 10.5. The number of aliphatic hydroxyl groups excluding tert-OH is 1. The summed E-state index contributed by atoms with van der Waals surface area (Å²) in [6.07, 6.45) is 8.13. The lowest BCUT2D eigenvalue weighted by atomic mass is 9.66. The number of hydrogen-bond acceptors (Lipinski definition) is 2. The smallest absolute Gasteiger partial charge is 0.192 e. The van der Waals surface area contributed by atoms with Crippen LogP contribution in [0.3, 0.4) is 0 Å². The van der Waals surface area contributed by atoms with E-state index < -0.39 is 8.32 Å². The normalized spacial score (nSPS) is 37.3. The minimum Gasteiger partial charge on any atom is -0.413 e. The Kier molecular flexibility index (Phi) is 5.51. The maximum Gasteiger partial charge on any atom is 0.192 e. The van der Waals surface area contributed by atoms with E-state index in [9.17, 15) is 5.11 Å². The number of rotatable bonds is 6. The largest absolute Gasteiger partial charge is 0.413 e. The Labute approximate surface area is 151 Å². The molecule has 0 aliphatic heterocycles. The molecule has 3 heteroatoms. The Hall–Kier alpha value is -0.123. The maximum atomic E-state index is 10.4. The van der Waals surface area contributed by atoms with Crippen molar-refractivity contribution in [2.45, 2.75) is 97.9 Å². The highest BCUT2D eigenvalue weighted by atomic mass is 28.4. The van der Waals surface area contributed by atoms with Gasteiger partial charge in [0.15, 0.2) is 8.32 Å². The van der Waals surface area contributed by atoms with Gasteiger partial charge in [-0.25, -0.2) is 0 Å². The van der Waals surface area contributed by atoms with Crippen LogP contribution in [0.5, 0.6) is 0 Å².